The molecule has 0 aromatic heterocycles. The van der Waals surface area contributed by atoms with E-state index in [-0.39, 0.29) is 0 Å². The fourth-order valence-corrected chi connectivity index (χ4v) is 4.82. The van der Waals surface area contributed by atoms with Crippen LogP contribution in [-0.4, -0.2) is 19.0 Å². The van der Waals surface area contributed by atoms with Gasteiger partial charge >= 0.3 is 0 Å². The molecule has 0 saturated heterocycles. The van der Waals surface area contributed by atoms with Gasteiger partial charge < -0.3 is 9.47 Å². The lowest BCUT2D eigenvalue weighted by atomic mass is 9.99. The minimum atomic E-state index is 0.440. The number of ether oxygens (including phenoxy) is 2. The van der Waals surface area contributed by atoms with Gasteiger partial charge in [-0.1, -0.05) is 116 Å². The van der Waals surface area contributed by atoms with Crippen molar-refractivity contribution >= 4 is 0 Å². The average molecular weight is 381 g/mol. The van der Waals surface area contributed by atoms with E-state index in [9.17, 15) is 0 Å². The van der Waals surface area contributed by atoms with Crippen molar-refractivity contribution in [3.8, 4) is 0 Å². The monoisotopic (exact) mass is 380 g/mol. The molecule has 2 aliphatic rings. The van der Waals surface area contributed by atoms with Crippen molar-refractivity contribution in [3.05, 3.63) is 0 Å². The average Bonchev–Trinajstić information content (AvgIpc) is 2.65. The van der Waals surface area contributed by atoms with Gasteiger partial charge in [-0.3, -0.25) is 0 Å². The quantitative estimate of drug-likeness (QED) is 0.456. The number of hydrogen-bond acceptors (Lipinski definition) is 2. The summed E-state index contributed by atoms with van der Waals surface area (Å²) in [7, 11) is 0. The van der Waals surface area contributed by atoms with Crippen LogP contribution in [0.2, 0.25) is 0 Å². The topological polar surface area (TPSA) is 18.5 Å². The van der Waals surface area contributed by atoms with Gasteiger partial charge in [-0.2, -0.15) is 0 Å². The van der Waals surface area contributed by atoms with E-state index in [0.29, 0.717) is 19.0 Å². The Morgan fingerprint density at radius 1 is 0.333 bits per heavy atom. The first kappa shape index (κ1) is 23.2. The third-order valence-corrected chi connectivity index (χ3v) is 6.71. The van der Waals surface area contributed by atoms with Crippen LogP contribution in [0, 0.1) is 0 Å². The standard InChI is InChI=1S/C25H48O2/c1-3-7-11-15-19-24(20-16-12-8-4-1)26-23-27-25-21-17-13-9-5-2-6-10-14-18-22-25/h24-25H,1-23H2. The van der Waals surface area contributed by atoms with Crippen LogP contribution in [0.1, 0.15) is 141 Å². The Morgan fingerprint density at radius 3 is 0.815 bits per heavy atom. The normalized spacial score (nSPS) is 24.9. The smallest absolute Gasteiger partial charge is 0.147 e. The van der Waals surface area contributed by atoms with Crippen LogP contribution in [0.5, 0.6) is 0 Å². The lowest BCUT2D eigenvalue weighted by Gasteiger charge is -2.22. The van der Waals surface area contributed by atoms with Crippen molar-refractivity contribution in [2.45, 2.75) is 153 Å². The Balaban J connectivity index is 1.64. The highest BCUT2D eigenvalue weighted by Crippen LogP contribution is 2.21. The summed E-state index contributed by atoms with van der Waals surface area (Å²) in [5.74, 6) is 0. The van der Waals surface area contributed by atoms with Crippen molar-refractivity contribution in [2.24, 2.45) is 0 Å². The first-order valence-corrected chi connectivity index (χ1v) is 12.7. The summed E-state index contributed by atoms with van der Waals surface area (Å²) in [6.45, 7) is 0.537. The Labute approximate surface area is 170 Å². The summed E-state index contributed by atoms with van der Waals surface area (Å²) in [5, 5.41) is 0. The second-order valence-electron chi connectivity index (χ2n) is 9.21. The molecule has 160 valence electrons. The molecular weight excluding hydrogens is 332 g/mol. The summed E-state index contributed by atoms with van der Waals surface area (Å²) < 4.78 is 12.5. The van der Waals surface area contributed by atoms with Crippen molar-refractivity contribution in [1.82, 2.24) is 0 Å². The largest absolute Gasteiger partial charge is 0.352 e. The molecule has 0 amide bonds. The van der Waals surface area contributed by atoms with E-state index in [1.54, 1.807) is 0 Å². The molecule has 2 heteroatoms. The summed E-state index contributed by atoms with van der Waals surface area (Å²) in [6.07, 6.45) is 31.1. The van der Waals surface area contributed by atoms with Crippen LogP contribution in [0.3, 0.4) is 0 Å². The molecular formula is C25H48O2. The summed E-state index contributed by atoms with van der Waals surface area (Å²) in [4.78, 5) is 0. The molecule has 2 saturated carbocycles. The predicted molar refractivity (Wildman–Crippen MR) is 116 cm³/mol. The van der Waals surface area contributed by atoms with Gasteiger partial charge in [0, 0.05) is 0 Å². The van der Waals surface area contributed by atoms with Crippen LogP contribution in [0.15, 0.2) is 0 Å². The molecule has 0 aromatic carbocycles. The molecule has 2 nitrogen and oxygen atoms in total. The van der Waals surface area contributed by atoms with Crippen LogP contribution in [-0.2, 0) is 9.47 Å². The van der Waals surface area contributed by atoms with E-state index in [0.717, 1.165) is 0 Å². The maximum absolute atomic E-state index is 6.24. The van der Waals surface area contributed by atoms with Crippen LogP contribution >= 0.6 is 0 Å². The summed E-state index contributed by atoms with van der Waals surface area (Å²) in [5.41, 5.74) is 0. The van der Waals surface area contributed by atoms with Crippen molar-refractivity contribution < 1.29 is 9.47 Å². The maximum Gasteiger partial charge on any atom is 0.147 e. The summed E-state index contributed by atoms with van der Waals surface area (Å²) in [6, 6.07) is 0. The fourth-order valence-electron chi connectivity index (χ4n) is 4.82. The molecule has 2 aliphatic carbocycles. The Bertz CT molecular complexity index is 263. The van der Waals surface area contributed by atoms with E-state index in [1.165, 1.54) is 141 Å². The van der Waals surface area contributed by atoms with Gasteiger partial charge in [-0.25, -0.2) is 0 Å². The maximum atomic E-state index is 6.24. The van der Waals surface area contributed by atoms with E-state index in [1.807, 2.05) is 0 Å². The van der Waals surface area contributed by atoms with E-state index in [4.69, 9.17) is 9.47 Å². The molecule has 0 aromatic rings. The molecule has 0 radical (unpaired) electrons. The van der Waals surface area contributed by atoms with Crippen molar-refractivity contribution in [1.29, 1.82) is 0 Å². The molecule has 0 atom stereocenters. The first-order chi connectivity index (χ1) is 13.4. The lowest BCUT2D eigenvalue weighted by Crippen LogP contribution is -2.20. The van der Waals surface area contributed by atoms with Crippen molar-refractivity contribution in [3.63, 3.8) is 0 Å². The Hall–Kier alpha value is -0.0800. The van der Waals surface area contributed by atoms with Gasteiger partial charge in [0.25, 0.3) is 0 Å². The molecule has 0 heterocycles. The van der Waals surface area contributed by atoms with Gasteiger partial charge in [0.05, 0.1) is 12.2 Å². The third-order valence-electron chi connectivity index (χ3n) is 6.71. The van der Waals surface area contributed by atoms with Gasteiger partial charge in [-0.15, -0.1) is 0 Å². The van der Waals surface area contributed by atoms with Crippen LogP contribution < -0.4 is 0 Å². The van der Waals surface area contributed by atoms with Crippen LogP contribution in [0.25, 0.3) is 0 Å². The second kappa shape index (κ2) is 16.8. The molecule has 2 fully saturated rings. The molecule has 0 bridgehead atoms. The fraction of sp³-hybridized carbons (Fsp3) is 1.00. The van der Waals surface area contributed by atoms with E-state index >= 15 is 0 Å². The van der Waals surface area contributed by atoms with E-state index in [2.05, 4.69) is 0 Å². The molecule has 27 heavy (non-hydrogen) atoms. The zero-order chi connectivity index (χ0) is 18.8. The van der Waals surface area contributed by atoms with Gasteiger partial charge in [0.15, 0.2) is 0 Å². The SMILES string of the molecule is C1CCCCCC(OCOC2CCCCCCCCCCC2)CCCCC1. The molecule has 0 spiro atoms. The van der Waals surface area contributed by atoms with Gasteiger partial charge in [0.1, 0.15) is 6.79 Å². The molecule has 0 N–H and O–H groups in total. The Kier molecular flexibility index (Phi) is 14.5. The third kappa shape index (κ3) is 12.9. The first-order valence-electron chi connectivity index (χ1n) is 12.7. The zero-order valence-electron chi connectivity index (χ0n) is 18.2. The predicted octanol–water partition coefficient (Wildman–Crippen LogP) is 8.32. The van der Waals surface area contributed by atoms with Crippen LogP contribution in [0.4, 0.5) is 0 Å². The van der Waals surface area contributed by atoms with E-state index < -0.39 is 0 Å². The minimum Gasteiger partial charge on any atom is -0.352 e. The highest BCUT2D eigenvalue weighted by molar-refractivity contribution is 4.63. The Morgan fingerprint density at radius 2 is 0.556 bits per heavy atom. The van der Waals surface area contributed by atoms with Gasteiger partial charge in [-0.05, 0) is 25.7 Å². The highest BCUT2D eigenvalue weighted by Gasteiger charge is 2.13. The zero-order valence-corrected chi connectivity index (χ0v) is 18.2. The highest BCUT2D eigenvalue weighted by atomic mass is 16.7. The van der Waals surface area contributed by atoms with Gasteiger partial charge in [0.2, 0.25) is 0 Å². The number of rotatable bonds is 4. The summed E-state index contributed by atoms with van der Waals surface area (Å²) >= 11 is 0. The lowest BCUT2D eigenvalue weighted by molar-refractivity contribution is -0.125. The minimum absolute atomic E-state index is 0.440. The van der Waals surface area contributed by atoms with Crippen molar-refractivity contribution in [2.75, 3.05) is 6.79 Å². The molecule has 2 rings (SSSR count). The molecule has 0 unspecified atom stereocenters. The molecule has 0 aliphatic heterocycles. The number of hydrogen-bond donors (Lipinski definition) is 0. The second-order valence-corrected chi connectivity index (χ2v) is 9.21.